The lowest BCUT2D eigenvalue weighted by atomic mass is 10.4. The molecule has 0 saturated heterocycles. The zero-order chi connectivity index (χ0) is 17.6. The third-order valence-electron chi connectivity index (χ3n) is 4.16. The summed E-state index contributed by atoms with van der Waals surface area (Å²) in [6, 6.07) is 2.07. The number of rotatable bonds is 16. The maximum atomic E-state index is 5.55. The molecule has 0 radical (unpaired) electrons. The van der Waals surface area contributed by atoms with Crippen molar-refractivity contribution in [3.05, 3.63) is 0 Å². The van der Waals surface area contributed by atoms with Crippen LogP contribution in [0.1, 0.15) is 19.3 Å². The molecule has 0 heterocycles. The van der Waals surface area contributed by atoms with E-state index < -0.39 is 17.1 Å². The SMILES string of the molecule is CO[Si](C)(C)CCCNCCCNCCC[Si](OC)(OC)OC. The molecule has 0 bridgehead atoms. The molecule has 0 atom stereocenters. The van der Waals surface area contributed by atoms with Gasteiger partial charge in [0.15, 0.2) is 8.32 Å². The van der Waals surface area contributed by atoms with Crippen molar-refractivity contribution in [1.29, 1.82) is 0 Å². The molecule has 0 saturated carbocycles. The van der Waals surface area contributed by atoms with Gasteiger partial charge < -0.3 is 28.3 Å². The molecular formula is C15H38N2O4Si2. The van der Waals surface area contributed by atoms with E-state index in [2.05, 4.69) is 23.7 Å². The Bertz CT molecular complexity index is 272. The van der Waals surface area contributed by atoms with Gasteiger partial charge in [0.1, 0.15) is 0 Å². The highest BCUT2D eigenvalue weighted by Crippen LogP contribution is 2.14. The fraction of sp³-hybridized carbons (Fsp3) is 1.00. The highest BCUT2D eigenvalue weighted by Gasteiger charge is 2.36. The van der Waals surface area contributed by atoms with Crippen molar-refractivity contribution >= 4 is 17.1 Å². The number of hydrogen-bond donors (Lipinski definition) is 2. The monoisotopic (exact) mass is 366 g/mol. The van der Waals surface area contributed by atoms with Crippen LogP contribution in [0.3, 0.4) is 0 Å². The first-order chi connectivity index (χ1) is 10.9. The predicted molar refractivity (Wildman–Crippen MR) is 100 cm³/mol. The summed E-state index contributed by atoms with van der Waals surface area (Å²) < 4.78 is 21.7. The van der Waals surface area contributed by atoms with E-state index >= 15 is 0 Å². The average Bonchev–Trinajstić information content (AvgIpc) is 2.56. The Kier molecular flexibility index (Phi) is 13.6. The van der Waals surface area contributed by atoms with Crippen LogP contribution in [0.15, 0.2) is 0 Å². The lowest BCUT2D eigenvalue weighted by Crippen LogP contribution is -2.43. The summed E-state index contributed by atoms with van der Waals surface area (Å²) in [5.41, 5.74) is 0. The van der Waals surface area contributed by atoms with E-state index in [9.17, 15) is 0 Å². The van der Waals surface area contributed by atoms with E-state index in [4.69, 9.17) is 17.7 Å². The molecule has 0 aromatic rings. The summed E-state index contributed by atoms with van der Waals surface area (Å²) in [5, 5.41) is 6.96. The Balaban J connectivity index is 3.40. The topological polar surface area (TPSA) is 61.0 Å². The molecule has 0 unspecified atom stereocenters. The molecule has 23 heavy (non-hydrogen) atoms. The fourth-order valence-corrected chi connectivity index (χ4v) is 5.27. The summed E-state index contributed by atoms with van der Waals surface area (Å²) in [6.07, 6.45) is 3.36. The summed E-state index contributed by atoms with van der Waals surface area (Å²) in [5.74, 6) is 0. The lowest BCUT2D eigenvalue weighted by molar-refractivity contribution is 0.123. The molecule has 6 nitrogen and oxygen atoms in total. The first kappa shape index (κ1) is 23.2. The van der Waals surface area contributed by atoms with Crippen molar-refractivity contribution in [2.24, 2.45) is 0 Å². The van der Waals surface area contributed by atoms with E-state index in [1.165, 1.54) is 12.5 Å². The van der Waals surface area contributed by atoms with Crippen LogP contribution in [0, 0.1) is 0 Å². The van der Waals surface area contributed by atoms with Gasteiger partial charge in [0, 0.05) is 34.5 Å². The minimum atomic E-state index is -2.39. The molecule has 0 amide bonds. The van der Waals surface area contributed by atoms with E-state index in [0.29, 0.717) is 0 Å². The van der Waals surface area contributed by atoms with Crippen LogP contribution in [-0.2, 0) is 17.7 Å². The average molecular weight is 367 g/mol. The highest BCUT2D eigenvalue weighted by atomic mass is 28.4. The van der Waals surface area contributed by atoms with Gasteiger partial charge in [-0.3, -0.25) is 0 Å². The van der Waals surface area contributed by atoms with E-state index in [1.807, 2.05) is 7.11 Å². The molecule has 0 aliphatic rings. The zero-order valence-corrected chi connectivity index (χ0v) is 18.0. The normalized spacial score (nSPS) is 12.8. The molecule has 0 aromatic carbocycles. The van der Waals surface area contributed by atoms with Crippen LogP contribution >= 0.6 is 0 Å². The van der Waals surface area contributed by atoms with Crippen molar-refractivity contribution in [2.75, 3.05) is 54.6 Å². The summed E-state index contributed by atoms with van der Waals surface area (Å²) in [6.45, 7) is 8.69. The second kappa shape index (κ2) is 13.5. The van der Waals surface area contributed by atoms with Crippen LogP contribution in [0.4, 0.5) is 0 Å². The smallest absolute Gasteiger partial charge is 0.420 e. The molecule has 2 N–H and O–H groups in total. The Morgan fingerprint density at radius 2 is 1.04 bits per heavy atom. The van der Waals surface area contributed by atoms with Crippen LogP contribution in [-0.4, -0.2) is 71.7 Å². The Hall–Kier alpha value is 0.194. The molecule has 0 aromatic heterocycles. The third kappa shape index (κ3) is 11.4. The molecule has 0 aliphatic carbocycles. The van der Waals surface area contributed by atoms with Gasteiger partial charge in [-0.05, 0) is 64.6 Å². The van der Waals surface area contributed by atoms with Crippen molar-refractivity contribution in [1.82, 2.24) is 10.6 Å². The van der Waals surface area contributed by atoms with Crippen LogP contribution in [0.25, 0.3) is 0 Å². The van der Waals surface area contributed by atoms with Gasteiger partial charge in [-0.25, -0.2) is 0 Å². The van der Waals surface area contributed by atoms with Gasteiger partial charge in [-0.1, -0.05) is 0 Å². The Labute approximate surface area is 145 Å². The molecule has 0 spiro atoms. The van der Waals surface area contributed by atoms with Gasteiger partial charge >= 0.3 is 8.80 Å². The minimum Gasteiger partial charge on any atom is -0.420 e. The Morgan fingerprint density at radius 3 is 1.48 bits per heavy atom. The van der Waals surface area contributed by atoms with E-state index in [0.717, 1.165) is 45.1 Å². The van der Waals surface area contributed by atoms with E-state index in [1.54, 1.807) is 21.3 Å². The molecule has 0 fully saturated rings. The van der Waals surface area contributed by atoms with Gasteiger partial charge in [-0.2, -0.15) is 0 Å². The molecule has 0 aliphatic heterocycles. The van der Waals surface area contributed by atoms with Crippen LogP contribution < -0.4 is 10.6 Å². The van der Waals surface area contributed by atoms with Crippen LogP contribution in [0.2, 0.25) is 25.2 Å². The third-order valence-corrected chi connectivity index (χ3v) is 9.66. The summed E-state index contributed by atoms with van der Waals surface area (Å²) in [4.78, 5) is 0. The second-order valence-corrected chi connectivity index (χ2v) is 13.8. The van der Waals surface area contributed by atoms with Crippen molar-refractivity contribution in [2.45, 2.75) is 44.4 Å². The summed E-state index contributed by atoms with van der Waals surface area (Å²) in [7, 11) is 3.06. The van der Waals surface area contributed by atoms with Crippen molar-refractivity contribution in [3.8, 4) is 0 Å². The zero-order valence-electron chi connectivity index (χ0n) is 16.0. The fourth-order valence-electron chi connectivity index (χ4n) is 2.32. The van der Waals surface area contributed by atoms with Crippen molar-refractivity contribution in [3.63, 3.8) is 0 Å². The van der Waals surface area contributed by atoms with Gasteiger partial charge in [-0.15, -0.1) is 0 Å². The summed E-state index contributed by atoms with van der Waals surface area (Å²) >= 11 is 0. The number of hydrogen-bond acceptors (Lipinski definition) is 6. The predicted octanol–water partition coefficient (Wildman–Crippen LogP) is 2.07. The van der Waals surface area contributed by atoms with Gasteiger partial charge in [0.25, 0.3) is 0 Å². The first-order valence-corrected chi connectivity index (χ1v) is 13.6. The maximum absolute atomic E-state index is 5.55. The largest absolute Gasteiger partial charge is 0.500 e. The maximum Gasteiger partial charge on any atom is 0.500 e. The minimum absolute atomic E-state index is 0.848. The van der Waals surface area contributed by atoms with Crippen LogP contribution in [0.5, 0.6) is 0 Å². The second-order valence-electron chi connectivity index (χ2n) is 6.32. The standard InChI is InChI=1S/C15H38N2O4Si2/c1-18-22(5,6)14-8-12-16-10-7-11-17-13-9-15-23(19-2,20-3)21-4/h16-17H,7-15H2,1-6H3. The first-order valence-electron chi connectivity index (χ1n) is 8.57. The van der Waals surface area contributed by atoms with Gasteiger partial charge in [0.2, 0.25) is 0 Å². The van der Waals surface area contributed by atoms with Gasteiger partial charge in [0.05, 0.1) is 0 Å². The van der Waals surface area contributed by atoms with Crippen molar-refractivity contribution < 1.29 is 17.7 Å². The molecular weight excluding hydrogens is 328 g/mol. The van der Waals surface area contributed by atoms with E-state index in [-0.39, 0.29) is 0 Å². The number of nitrogens with one attached hydrogen (secondary N) is 2. The Morgan fingerprint density at radius 1 is 0.609 bits per heavy atom. The molecule has 140 valence electrons. The lowest BCUT2D eigenvalue weighted by Gasteiger charge is -2.24. The molecule has 8 heteroatoms. The molecule has 0 rings (SSSR count). The quantitative estimate of drug-likeness (QED) is 0.322. The highest BCUT2D eigenvalue weighted by molar-refractivity contribution is 6.71.